The van der Waals surface area contributed by atoms with Gasteiger partial charge in [-0.05, 0) is 76.0 Å². The summed E-state index contributed by atoms with van der Waals surface area (Å²) >= 11 is 6.44. The lowest BCUT2D eigenvalue weighted by atomic mass is 9.92. The van der Waals surface area contributed by atoms with Crippen LogP contribution in [0.5, 0.6) is 0 Å². The number of benzene rings is 5. The molecule has 0 radical (unpaired) electrons. The highest BCUT2D eigenvalue weighted by atomic mass is 33.1. The zero-order valence-electron chi connectivity index (χ0n) is 20.7. The molecule has 4 heteroatoms. The number of fused-ring (bicyclic) bond motifs is 6. The maximum atomic E-state index is 4.57. The number of para-hydroxylation sites is 2. The Morgan fingerprint density at radius 2 is 1.37 bits per heavy atom. The van der Waals surface area contributed by atoms with Gasteiger partial charge in [-0.25, -0.2) is 0 Å². The summed E-state index contributed by atoms with van der Waals surface area (Å²) in [5, 5.41) is 4.89. The second-order valence-corrected chi connectivity index (χ2v) is 9.26. The smallest absolute Gasteiger partial charge is 0.0540 e. The van der Waals surface area contributed by atoms with Gasteiger partial charge in [0.25, 0.3) is 0 Å². The summed E-state index contributed by atoms with van der Waals surface area (Å²) in [7, 11) is 0. The number of H-pyrrole nitrogens is 1. The average molecular weight is 527 g/mol. The Balaban J connectivity index is 0.00000129. The van der Waals surface area contributed by atoms with E-state index in [1.165, 1.54) is 27.1 Å². The number of nitrogens with one attached hydrogen (secondary N) is 1. The highest BCUT2D eigenvalue weighted by molar-refractivity contribution is 8.59. The molecule has 184 valence electrons. The Morgan fingerprint density at radius 3 is 2.21 bits per heavy atom. The number of allylic oxidation sites excluding steroid dienone is 4. The van der Waals surface area contributed by atoms with E-state index < -0.39 is 0 Å². The third-order valence-electron chi connectivity index (χ3n) is 7.09. The Labute approximate surface area is 232 Å². The molecule has 1 aliphatic rings. The summed E-state index contributed by atoms with van der Waals surface area (Å²) in [6.45, 7) is 4.57. The van der Waals surface area contributed by atoms with Crippen LogP contribution in [0, 0.1) is 0 Å². The van der Waals surface area contributed by atoms with Crippen molar-refractivity contribution in [3.8, 4) is 0 Å². The minimum absolute atomic E-state index is 1.00. The minimum Gasteiger partial charge on any atom is -0.355 e. The molecule has 0 aliphatic carbocycles. The molecule has 5 aromatic carbocycles. The first-order valence-electron chi connectivity index (χ1n) is 12.4. The van der Waals surface area contributed by atoms with E-state index in [-0.39, 0.29) is 0 Å². The van der Waals surface area contributed by atoms with Crippen LogP contribution in [-0.4, -0.2) is 4.98 Å². The fourth-order valence-electron chi connectivity index (χ4n) is 5.36. The SMILES string of the molecule is C=C1/C=C(c2ccc3[nH]c4ccccc4c3c2)\C=C/N(c2ccccc2)c2ccc3ccccc3c21.SS. The summed E-state index contributed by atoms with van der Waals surface area (Å²) in [6.07, 6.45) is 6.60. The van der Waals surface area contributed by atoms with Crippen LogP contribution in [0.1, 0.15) is 11.1 Å². The molecular weight excluding hydrogens is 501 g/mol. The molecule has 0 spiro atoms. The van der Waals surface area contributed by atoms with Crippen LogP contribution < -0.4 is 4.90 Å². The van der Waals surface area contributed by atoms with Gasteiger partial charge >= 0.3 is 0 Å². The van der Waals surface area contributed by atoms with Crippen molar-refractivity contribution < 1.29 is 0 Å². The molecule has 7 rings (SSSR count). The molecule has 38 heavy (non-hydrogen) atoms. The van der Waals surface area contributed by atoms with Gasteiger partial charge in [-0.2, -0.15) is 0 Å². The highest BCUT2D eigenvalue weighted by Crippen LogP contribution is 2.41. The van der Waals surface area contributed by atoms with Gasteiger partial charge in [0.1, 0.15) is 0 Å². The molecule has 2 nitrogen and oxygen atoms in total. The van der Waals surface area contributed by atoms with Crippen LogP contribution in [0.2, 0.25) is 0 Å². The number of hydrogen-bond acceptors (Lipinski definition) is 3. The molecule has 1 aromatic heterocycles. The lowest BCUT2D eigenvalue weighted by Crippen LogP contribution is -2.12. The number of hydrogen-bond donors (Lipinski definition) is 3. The molecule has 1 aliphatic heterocycles. The number of anilines is 2. The third-order valence-corrected chi connectivity index (χ3v) is 7.09. The molecule has 0 atom stereocenters. The number of aromatic amines is 1. The van der Waals surface area contributed by atoms with Gasteiger partial charge in [0.05, 0.1) is 5.69 Å². The Morgan fingerprint density at radius 1 is 0.658 bits per heavy atom. The van der Waals surface area contributed by atoms with E-state index in [2.05, 4.69) is 167 Å². The summed E-state index contributed by atoms with van der Waals surface area (Å²) < 4.78 is 0. The third kappa shape index (κ3) is 4.22. The highest BCUT2D eigenvalue weighted by Gasteiger charge is 2.18. The predicted octanol–water partition coefficient (Wildman–Crippen LogP) is 10.00. The van der Waals surface area contributed by atoms with E-state index in [9.17, 15) is 0 Å². The minimum atomic E-state index is 1.00. The topological polar surface area (TPSA) is 19.0 Å². The predicted molar refractivity (Wildman–Crippen MR) is 172 cm³/mol. The van der Waals surface area contributed by atoms with Crippen molar-refractivity contribution in [2.75, 3.05) is 4.90 Å². The maximum absolute atomic E-state index is 4.57. The molecule has 0 saturated heterocycles. The van der Waals surface area contributed by atoms with Crippen LogP contribution in [0.4, 0.5) is 11.4 Å². The summed E-state index contributed by atoms with van der Waals surface area (Å²) in [4.78, 5) is 5.81. The maximum Gasteiger partial charge on any atom is 0.0540 e. The van der Waals surface area contributed by atoms with Crippen LogP contribution in [0.15, 0.2) is 134 Å². The van der Waals surface area contributed by atoms with Crippen LogP contribution in [-0.2, 0) is 0 Å². The molecule has 2 heterocycles. The summed E-state index contributed by atoms with van der Waals surface area (Å²) in [5.41, 5.74) is 9.01. The van der Waals surface area contributed by atoms with Gasteiger partial charge in [-0.15, -0.1) is 23.3 Å². The van der Waals surface area contributed by atoms with Gasteiger partial charge in [0.2, 0.25) is 0 Å². The van der Waals surface area contributed by atoms with Gasteiger partial charge in [0.15, 0.2) is 0 Å². The lowest BCUT2D eigenvalue weighted by molar-refractivity contribution is 1.28. The number of nitrogens with zero attached hydrogens (tertiary/aromatic N) is 1. The van der Waals surface area contributed by atoms with Crippen molar-refractivity contribution in [1.29, 1.82) is 0 Å². The van der Waals surface area contributed by atoms with Gasteiger partial charge in [-0.1, -0.05) is 79.4 Å². The zero-order chi connectivity index (χ0) is 26.1. The Kier molecular flexibility index (Phi) is 6.59. The van der Waals surface area contributed by atoms with Crippen LogP contribution in [0.25, 0.3) is 43.7 Å². The zero-order valence-corrected chi connectivity index (χ0v) is 22.5. The van der Waals surface area contributed by atoms with E-state index in [0.717, 1.165) is 39.1 Å². The van der Waals surface area contributed by atoms with Crippen molar-refractivity contribution in [1.82, 2.24) is 4.98 Å². The first-order chi connectivity index (χ1) is 18.8. The number of thiol groups is 2. The molecule has 0 amide bonds. The van der Waals surface area contributed by atoms with Crippen molar-refractivity contribution in [3.63, 3.8) is 0 Å². The van der Waals surface area contributed by atoms with E-state index >= 15 is 0 Å². The molecule has 1 N–H and O–H groups in total. The van der Waals surface area contributed by atoms with E-state index in [1.54, 1.807) is 0 Å². The summed E-state index contributed by atoms with van der Waals surface area (Å²) in [6, 6.07) is 38.6. The molecule has 0 saturated carbocycles. The van der Waals surface area contributed by atoms with Crippen molar-refractivity contribution >= 4 is 78.4 Å². The van der Waals surface area contributed by atoms with Crippen LogP contribution >= 0.6 is 23.3 Å². The fraction of sp³-hybridized carbons (Fsp3) is 0. The summed E-state index contributed by atoms with van der Waals surface area (Å²) in [5.74, 6) is 0. The van der Waals surface area contributed by atoms with Gasteiger partial charge < -0.3 is 9.88 Å². The van der Waals surface area contributed by atoms with E-state index in [4.69, 9.17) is 0 Å². The van der Waals surface area contributed by atoms with E-state index in [1.807, 2.05) is 0 Å². The fourth-order valence-corrected chi connectivity index (χ4v) is 5.36. The van der Waals surface area contributed by atoms with Crippen molar-refractivity contribution in [2.24, 2.45) is 0 Å². The first-order valence-corrected chi connectivity index (χ1v) is 14.0. The number of rotatable bonds is 2. The first kappa shape index (κ1) is 24.2. The molecule has 6 aromatic rings. The lowest BCUT2D eigenvalue weighted by Gasteiger charge is -2.27. The molecule has 0 unspecified atom stereocenters. The largest absolute Gasteiger partial charge is 0.355 e. The van der Waals surface area contributed by atoms with Crippen molar-refractivity contribution in [2.45, 2.75) is 0 Å². The van der Waals surface area contributed by atoms with Crippen LogP contribution in [0.3, 0.4) is 0 Å². The molecule has 0 bridgehead atoms. The van der Waals surface area contributed by atoms with Gasteiger partial charge in [-0.3, -0.25) is 0 Å². The monoisotopic (exact) mass is 526 g/mol. The van der Waals surface area contributed by atoms with Gasteiger partial charge in [0, 0.05) is 39.3 Å². The molecular formula is C34H26N2S2. The standard InChI is InChI=1S/C34H24N2.H2S2/c1-23-21-26(25-15-17-32-30(22-25)29-13-7-8-14-31(29)35-32)19-20-36(27-10-3-2-4-11-27)33-18-16-24-9-5-6-12-28(24)34(23)33;1-2/h2-22,35H,1H2;1-2H/b20-19-,26-21+;. The van der Waals surface area contributed by atoms with Crippen molar-refractivity contribution in [3.05, 3.63) is 145 Å². The average Bonchev–Trinajstić information content (AvgIpc) is 3.35. The molecule has 0 fully saturated rings. The number of aromatic nitrogens is 1. The Hall–Kier alpha value is -4.12. The second kappa shape index (κ2) is 10.3. The van der Waals surface area contributed by atoms with E-state index in [0.29, 0.717) is 0 Å². The quantitative estimate of drug-likeness (QED) is 0.151. The second-order valence-electron chi connectivity index (χ2n) is 9.26. The normalized spacial score (nSPS) is 15.3. The Bertz CT molecular complexity index is 1860.